The van der Waals surface area contributed by atoms with Crippen molar-refractivity contribution in [3.8, 4) is 0 Å². The first kappa shape index (κ1) is 19.8. The van der Waals surface area contributed by atoms with Gasteiger partial charge >= 0.3 is 0 Å². The van der Waals surface area contributed by atoms with Crippen molar-refractivity contribution in [2.24, 2.45) is 0 Å². The highest BCUT2D eigenvalue weighted by Crippen LogP contribution is 2.33. The fourth-order valence-electron chi connectivity index (χ4n) is 2.92. The van der Waals surface area contributed by atoms with Crippen LogP contribution in [0.4, 0.5) is 5.13 Å². The van der Waals surface area contributed by atoms with E-state index in [2.05, 4.69) is 11.0 Å². The van der Waals surface area contributed by atoms with E-state index in [9.17, 15) is 4.79 Å². The average Bonchev–Trinajstić information content (AvgIpc) is 3.03. The predicted molar refractivity (Wildman–Crippen MR) is 115 cm³/mol. The van der Waals surface area contributed by atoms with Gasteiger partial charge in [-0.1, -0.05) is 52.8 Å². The van der Waals surface area contributed by atoms with Crippen molar-refractivity contribution in [1.29, 1.82) is 0 Å². The van der Waals surface area contributed by atoms with E-state index in [1.807, 2.05) is 58.3 Å². The number of rotatable bonds is 6. The Hall–Kier alpha value is -1.95. The molecule has 6 heteroatoms. The van der Waals surface area contributed by atoms with Gasteiger partial charge in [-0.15, -0.1) is 0 Å². The third-order valence-corrected chi connectivity index (χ3v) is 5.93. The predicted octanol–water partition coefficient (Wildman–Crippen LogP) is 4.70. The molecule has 1 heterocycles. The van der Waals surface area contributed by atoms with E-state index in [0.29, 0.717) is 18.0 Å². The summed E-state index contributed by atoms with van der Waals surface area (Å²) in [5.74, 6) is 0.0604. The van der Waals surface area contributed by atoms with Gasteiger partial charge in [-0.2, -0.15) is 0 Å². The molecule has 0 N–H and O–H groups in total. The normalized spacial score (nSPS) is 11.3. The summed E-state index contributed by atoms with van der Waals surface area (Å²) >= 11 is 7.78. The summed E-state index contributed by atoms with van der Waals surface area (Å²) in [6, 6.07) is 11.9. The van der Waals surface area contributed by atoms with Crippen LogP contribution in [0.3, 0.4) is 0 Å². The van der Waals surface area contributed by atoms with E-state index in [0.717, 1.165) is 38.6 Å². The second-order valence-corrected chi connectivity index (χ2v) is 8.45. The smallest absolute Gasteiger partial charge is 0.233 e. The average molecular weight is 402 g/mol. The lowest BCUT2D eigenvalue weighted by atomic mass is 10.1. The minimum atomic E-state index is 0.0604. The van der Waals surface area contributed by atoms with Gasteiger partial charge in [0.1, 0.15) is 0 Å². The third-order valence-electron chi connectivity index (χ3n) is 4.48. The highest BCUT2D eigenvalue weighted by atomic mass is 35.5. The van der Waals surface area contributed by atoms with Gasteiger partial charge in [0.05, 0.1) is 16.6 Å². The molecule has 0 aliphatic rings. The molecule has 0 bridgehead atoms. The molecule has 0 aliphatic carbocycles. The minimum Gasteiger partial charge on any atom is -0.308 e. The third kappa shape index (κ3) is 4.67. The molecular formula is C21H24ClN3OS. The van der Waals surface area contributed by atoms with Crippen LogP contribution in [0.2, 0.25) is 5.02 Å². The van der Waals surface area contributed by atoms with Crippen LogP contribution in [-0.4, -0.2) is 43.0 Å². The van der Waals surface area contributed by atoms with Gasteiger partial charge < -0.3 is 4.90 Å². The number of fused-ring (bicyclic) bond motifs is 1. The topological polar surface area (TPSA) is 36.4 Å². The summed E-state index contributed by atoms with van der Waals surface area (Å²) in [6.45, 7) is 5.38. The van der Waals surface area contributed by atoms with E-state index < -0.39 is 0 Å². The quantitative estimate of drug-likeness (QED) is 0.600. The maximum Gasteiger partial charge on any atom is 0.233 e. The molecule has 1 aromatic heterocycles. The monoisotopic (exact) mass is 401 g/mol. The lowest BCUT2D eigenvalue weighted by Gasteiger charge is -2.22. The van der Waals surface area contributed by atoms with Crippen LogP contribution in [0.15, 0.2) is 36.4 Å². The molecule has 0 spiro atoms. The van der Waals surface area contributed by atoms with Gasteiger partial charge in [0, 0.05) is 18.1 Å². The van der Waals surface area contributed by atoms with Crippen molar-refractivity contribution in [1.82, 2.24) is 9.88 Å². The molecule has 0 atom stereocenters. The van der Waals surface area contributed by atoms with Crippen molar-refractivity contribution in [2.75, 3.05) is 32.1 Å². The van der Waals surface area contributed by atoms with Crippen LogP contribution in [0.1, 0.15) is 16.7 Å². The zero-order chi connectivity index (χ0) is 19.6. The highest BCUT2D eigenvalue weighted by Gasteiger charge is 2.21. The number of thiazole rings is 1. The van der Waals surface area contributed by atoms with E-state index in [1.54, 1.807) is 4.90 Å². The summed E-state index contributed by atoms with van der Waals surface area (Å²) in [5.41, 5.74) is 4.01. The fraction of sp³-hybridized carbons (Fsp3) is 0.333. The molecule has 0 saturated heterocycles. The molecule has 0 unspecified atom stereocenters. The molecule has 27 heavy (non-hydrogen) atoms. The van der Waals surface area contributed by atoms with Gasteiger partial charge in [0.25, 0.3) is 0 Å². The first-order chi connectivity index (χ1) is 12.8. The van der Waals surface area contributed by atoms with Crippen molar-refractivity contribution < 1.29 is 4.79 Å². The number of halogens is 1. The molecule has 3 rings (SSSR count). The maximum absolute atomic E-state index is 13.1. The van der Waals surface area contributed by atoms with Gasteiger partial charge in [0.2, 0.25) is 5.91 Å². The Bertz CT molecular complexity index is 967. The summed E-state index contributed by atoms with van der Waals surface area (Å²) < 4.78 is 1.05. The van der Waals surface area contributed by atoms with Gasteiger partial charge in [-0.3, -0.25) is 9.69 Å². The van der Waals surface area contributed by atoms with Crippen LogP contribution in [-0.2, 0) is 11.2 Å². The number of benzene rings is 2. The maximum atomic E-state index is 13.1. The number of aromatic nitrogens is 1. The lowest BCUT2D eigenvalue weighted by Crippen LogP contribution is -2.37. The number of hydrogen-bond donors (Lipinski definition) is 0. The molecule has 0 aliphatic heterocycles. The number of anilines is 1. The van der Waals surface area contributed by atoms with Crippen molar-refractivity contribution in [3.63, 3.8) is 0 Å². The van der Waals surface area contributed by atoms with Crippen molar-refractivity contribution >= 4 is 44.2 Å². The Kier molecular flexibility index (Phi) is 6.15. The van der Waals surface area contributed by atoms with Crippen LogP contribution in [0, 0.1) is 13.8 Å². The number of nitrogens with zero attached hydrogens (tertiary/aromatic N) is 3. The van der Waals surface area contributed by atoms with Crippen molar-refractivity contribution in [2.45, 2.75) is 20.3 Å². The summed E-state index contributed by atoms with van der Waals surface area (Å²) in [4.78, 5) is 21.7. The molecule has 4 nitrogen and oxygen atoms in total. The standard InChI is InChI=1S/C21H24ClN3OS/c1-14-6-5-7-16(12-14)13-19(26)25(11-10-24(3)4)21-23-20-15(2)17(22)8-9-18(20)27-21/h5-9,12H,10-11,13H2,1-4H3. The van der Waals surface area contributed by atoms with E-state index in [1.165, 1.54) is 11.3 Å². The largest absolute Gasteiger partial charge is 0.308 e. The number of carbonyl (C=O) groups is 1. The van der Waals surface area contributed by atoms with E-state index in [-0.39, 0.29) is 5.91 Å². The van der Waals surface area contributed by atoms with E-state index in [4.69, 9.17) is 16.6 Å². The zero-order valence-electron chi connectivity index (χ0n) is 16.1. The fourth-order valence-corrected chi connectivity index (χ4v) is 4.14. The number of aryl methyl sites for hydroxylation is 2. The Balaban J connectivity index is 1.93. The molecule has 142 valence electrons. The summed E-state index contributed by atoms with van der Waals surface area (Å²) in [5, 5.41) is 1.43. The first-order valence-corrected chi connectivity index (χ1v) is 10.1. The first-order valence-electron chi connectivity index (χ1n) is 8.91. The number of likely N-dealkylation sites (N-methyl/N-ethyl adjacent to an activating group) is 1. The van der Waals surface area contributed by atoms with Crippen LogP contribution < -0.4 is 4.90 Å². The molecular weight excluding hydrogens is 378 g/mol. The lowest BCUT2D eigenvalue weighted by molar-refractivity contribution is -0.118. The molecule has 2 aromatic carbocycles. The molecule has 1 amide bonds. The minimum absolute atomic E-state index is 0.0604. The second kappa shape index (κ2) is 8.38. The number of carbonyl (C=O) groups excluding carboxylic acids is 1. The van der Waals surface area contributed by atoms with Gasteiger partial charge in [-0.25, -0.2) is 4.98 Å². The second-order valence-electron chi connectivity index (χ2n) is 7.03. The Morgan fingerprint density at radius 3 is 2.63 bits per heavy atom. The molecule has 0 radical (unpaired) electrons. The van der Waals surface area contributed by atoms with Crippen LogP contribution in [0.25, 0.3) is 10.2 Å². The van der Waals surface area contributed by atoms with Crippen LogP contribution in [0.5, 0.6) is 0 Å². The Morgan fingerprint density at radius 1 is 1.15 bits per heavy atom. The Morgan fingerprint density at radius 2 is 1.93 bits per heavy atom. The van der Waals surface area contributed by atoms with Gasteiger partial charge in [-0.05, 0) is 51.2 Å². The van der Waals surface area contributed by atoms with Gasteiger partial charge in [0.15, 0.2) is 5.13 Å². The van der Waals surface area contributed by atoms with E-state index >= 15 is 0 Å². The molecule has 0 fully saturated rings. The summed E-state index contributed by atoms with van der Waals surface area (Å²) in [6.07, 6.45) is 0.366. The van der Waals surface area contributed by atoms with Crippen molar-refractivity contribution in [3.05, 3.63) is 58.1 Å². The number of hydrogen-bond acceptors (Lipinski definition) is 4. The molecule has 0 saturated carbocycles. The van der Waals surface area contributed by atoms with Crippen LogP contribution >= 0.6 is 22.9 Å². The zero-order valence-corrected chi connectivity index (χ0v) is 17.7. The Labute approximate surface area is 169 Å². The highest BCUT2D eigenvalue weighted by molar-refractivity contribution is 7.22. The summed E-state index contributed by atoms with van der Waals surface area (Å²) in [7, 11) is 4.01. The molecule has 3 aromatic rings. The SMILES string of the molecule is Cc1cccc(CC(=O)N(CCN(C)C)c2nc3c(C)c(Cl)ccc3s2)c1. The number of amides is 1.